The third kappa shape index (κ3) is 3.33. The lowest BCUT2D eigenvalue weighted by Gasteiger charge is -2.09. The zero-order valence-electron chi connectivity index (χ0n) is 10.7. The number of halogens is 3. The third-order valence-corrected chi connectivity index (χ3v) is 5.08. The number of anilines is 1. The first kappa shape index (κ1) is 14.9. The van der Waals surface area contributed by atoms with Crippen LogP contribution in [0.1, 0.15) is 18.3 Å². The molecule has 0 bridgehead atoms. The second-order valence-electron chi connectivity index (χ2n) is 4.14. The quantitative estimate of drug-likeness (QED) is 0.773. The van der Waals surface area contributed by atoms with Gasteiger partial charge in [-0.3, -0.25) is 4.68 Å². The predicted molar refractivity (Wildman–Crippen MR) is 86.8 cm³/mol. The van der Waals surface area contributed by atoms with Crippen molar-refractivity contribution in [3.63, 3.8) is 0 Å². The van der Waals surface area contributed by atoms with Crippen LogP contribution in [0.2, 0.25) is 5.02 Å². The van der Waals surface area contributed by atoms with Crippen molar-refractivity contribution in [1.82, 2.24) is 9.78 Å². The van der Waals surface area contributed by atoms with E-state index in [1.807, 2.05) is 29.8 Å². The minimum atomic E-state index is 0.709. The van der Waals surface area contributed by atoms with E-state index >= 15 is 0 Å². The van der Waals surface area contributed by atoms with Crippen molar-refractivity contribution < 1.29 is 0 Å². The predicted octanol–water partition coefficient (Wildman–Crippen LogP) is 5.00. The van der Waals surface area contributed by atoms with Gasteiger partial charge in [-0.05, 0) is 63.9 Å². The molecule has 0 amide bonds. The van der Waals surface area contributed by atoms with E-state index in [-0.39, 0.29) is 0 Å². The smallest absolute Gasteiger partial charge is 0.0739 e. The monoisotopic (exact) mass is 405 g/mol. The SMILES string of the molecule is CCn1nc(C)c(Br)c1CNc1ccc(Cl)c(Br)c1. The van der Waals surface area contributed by atoms with Crippen molar-refractivity contribution in [2.24, 2.45) is 0 Å². The van der Waals surface area contributed by atoms with E-state index in [1.54, 1.807) is 0 Å². The van der Waals surface area contributed by atoms with Gasteiger partial charge >= 0.3 is 0 Å². The Hall–Kier alpha value is -0.520. The Bertz CT molecular complexity index is 596. The van der Waals surface area contributed by atoms with Gasteiger partial charge in [0.05, 0.1) is 27.4 Å². The van der Waals surface area contributed by atoms with E-state index in [0.717, 1.165) is 32.6 Å². The number of benzene rings is 1. The highest BCUT2D eigenvalue weighted by Crippen LogP contribution is 2.27. The highest BCUT2D eigenvalue weighted by molar-refractivity contribution is 9.10. The summed E-state index contributed by atoms with van der Waals surface area (Å²) in [5.74, 6) is 0. The summed E-state index contributed by atoms with van der Waals surface area (Å²) in [4.78, 5) is 0. The largest absolute Gasteiger partial charge is 0.379 e. The van der Waals surface area contributed by atoms with Gasteiger partial charge in [0.25, 0.3) is 0 Å². The van der Waals surface area contributed by atoms with E-state index in [0.29, 0.717) is 11.6 Å². The number of hydrogen-bond acceptors (Lipinski definition) is 2. The molecule has 0 saturated heterocycles. The number of rotatable bonds is 4. The summed E-state index contributed by atoms with van der Waals surface area (Å²) in [5.41, 5.74) is 3.17. The Morgan fingerprint density at radius 2 is 2.11 bits per heavy atom. The molecule has 2 rings (SSSR count). The highest BCUT2D eigenvalue weighted by Gasteiger charge is 2.11. The van der Waals surface area contributed by atoms with Gasteiger partial charge in [-0.25, -0.2) is 0 Å². The molecule has 0 fully saturated rings. The first-order valence-electron chi connectivity index (χ1n) is 5.93. The van der Waals surface area contributed by atoms with Gasteiger partial charge in [-0.15, -0.1) is 0 Å². The van der Waals surface area contributed by atoms with Gasteiger partial charge in [0, 0.05) is 16.7 Å². The molecule has 102 valence electrons. The van der Waals surface area contributed by atoms with Gasteiger partial charge in [0.1, 0.15) is 0 Å². The average molecular weight is 408 g/mol. The molecule has 3 nitrogen and oxygen atoms in total. The normalized spacial score (nSPS) is 10.8. The summed E-state index contributed by atoms with van der Waals surface area (Å²) in [6.45, 7) is 5.65. The minimum absolute atomic E-state index is 0.709. The molecule has 2 aromatic rings. The van der Waals surface area contributed by atoms with E-state index in [1.165, 1.54) is 0 Å². The number of nitrogens with zero attached hydrogens (tertiary/aromatic N) is 2. The zero-order valence-corrected chi connectivity index (χ0v) is 14.6. The lowest BCUT2D eigenvalue weighted by atomic mass is 10.3. The van der Waals surface area contributed by atoms with Gasteiger partial charge < -0.3 is 5.32 Å². The fourth-order valence-corrected chi connectivity index (χ4v) is 2.75. The van der Waals surface area contributed by atoms with Gasteiger partial charge in [0.15, 0.2) is 0 Å². The van der Waals surface area contributed by atoms with Gasteiger partial charge in [0.2, 0.25) is 0 Å². The minimum Gasteiger partial charge on any atom is -0.379 e. The first-order chi connectivity index (χ1) is 9.02. The average Bonchev–Trinajstić information content (AvgIpc) is 2.67. The van der Waals surface area contributed by atoms with Crippen molar-refractivity contribution in [3.8, 4) is 0 Å². The Kier molecular flexibility index (Phi) is 4.92. The Morgan fingerprint density at radius 3 is 2.74 bits per heavy atom. The molecule has 0 aliphatic carbocycles. The maximum absolute atomic E-state index is 5.98. The van der Waals surface area contributed by atoms with Crippen LogP contribution >= 0.6 is 43.5 Å². The topological polar surface area (TPSA) is 29.9 Å². The van der Waals surface area contributed by atoms with E-state index < -0.39 is 0 Å². The number of nitrogens with one attached hydrogen (secondary N) is 1. The maximum atomic E-state index is 5.98. The molecule has 0 atom stereocenters. The Morgan fingerprint density at radius 1 is 1.37 bits per heavy atom. The third-order valence-electron chi connectivity index (χ3n) is 2.83. The van der Waals surface area contributed by atoms with Crippen molar-refractivity contribution in [3.05, 3.63) is 43.6 Å². The molecule has 6 heteroatoms. The van der Waals surface area contributed by atoms with Crippen LogP contribution < -0.4 is 5.32 Å². The first-order valence-corrected chi connectivity index (χ1v) is 7.90. The summed E-state index contributed by atoms with van der Waals surface area (Å²) in [7, 11) is 0. The van der Waals surface area contributed by atoms with Crippen LogP contribution in [-0.4, -0.2) is 9.78 Å². The van der Waals surface area contributed by atoms with Gasteiger partial charge in [-0.1, -0.05) is 11.6 Å². The molecule has 19 heavy (non-hydrogen) atoms. The summed E-state index contributed by atoms with van der Waals surface area (Å²) in [6.07, 6.45) is 0. The molecule has 0 aliphatic heterocycles. The van der Waals surface area contributed by atoms with Crippen LogP contribution in [0.4, 0.5) is 5.69 Å². The lowest BCUT2D eigenvalue weighted by Crippen LogP contribution is -2.08. The zero-order chi connectivity index (χ0) is 14.0. The molecule has 0 unspecified atom stereocenters. The van der Waals surface area contributed by atoms with Crippen LogP contribution in [0, 0.1) is 6.92 Å². The molecule has 1 aromatic carbocycles. The fraction of sp³-hybridized carbons (Fsp3) is 0.308. The molecule has 0 radical (unpaired) electrons. The number of aryl methyl sites for hydroxylation is 2. The van der Waals surface area contributed by atoms with Crippen molar-refractivity contribution in [2.75, 3.05) is 5.32 Å². The number of aromatic nitrogens is 2. The second-order valence-corrected chi connectivity index (χ2v) is 6.20. The molecule has 1 heterocycles. The maximum Gasteiger partial charge on any atom is 0.0739 e. The van der Waals surface area contributed by atoms with Crippen LogP contribution in [-0.2, 0) is 13.1 Å². The van der Waals surface area contributed by atoms with E-state index in [2.05, 4.69) is 49.2 Å². The fourth-order valence-electron chi connectivity index (χ4n) is 1.83. The molecule has 0 aliphatic rings. The molecule has 0 spiro atoms. The van der Waals surface area contributed by atoms with Crippen LogP contribution in [0.3, 0.4) is 0 Å². The summed E-state index contributed by atoms with van der Waals surface area (Å²) in [5, 5.41) is 8.56. The molecular weight excluding hydrogens is 393 g/mol. The number of hydrogen-bond donors (Lipinski definition) is 1. The van der Waals surface area contributed by atoms with Gasteiger partial charge in [-0.2, -0.15) is 5.10 Å². The lowest BCUT2D eigenvalue weighted by molar-refractivity contribution is 0.622. The summed E-state index contributed by atoms with van der Waals surface area (Å²) >= 11 is 13.0. The second kappa shape index (κ2) is 6.29. The van der Waals surface area contributed by atoms with E-state index in [9.17, 15) is 0 Å². The van der Waals surface area contributed by atoms with Crippen molar-refractivity contribution >= 4 is 49.1 Å². The van der Waals surface area contributed by atoms with Crippen LogP contribution in [0.25, 0.3) is 0 Å². The molecule has 1 aromatic heterocycles. The van der Waals surface area contributed by atoms with Crippen molar-refractivity contribution in [1.29, 1.82) is 0 Å². The Labute approximate surface area is 134 Å². The molecule has 1 N–H and O–H groups in total. The Balaban J connectivity index is 2.16. The summed E-state index contributed by atoms with van der Waals surface area (Å²) in [6, 6.07) is 5.79. The van der Waals surface area contributed by atoms with Crippen molar-refractivity contribution in [2.45, 2.75) is 26.9 Å². The standard InChI is InChI=1S/C13H14Br2ClN3/c1-3-19-12(13(15)8(2)18-19)7-17-9-4-5-11(16)10(14)6-9/h4-6,17H,3,7H2,1-2H3. The molecule has 0 saturated carbocycles. The molecular formula is C13H14Br2ClN3. The van der Waals surface area contributed by atoms with E-state index in [4.69, 9.17) is 11.6 Å². The highest BCUT2D eigenvalue weighted by atomic mass is 79.9. The van der Waals surface area contributed by atoms with Crippen LogP contribution in [0.5, 0.6) is 0 Å². The van der Waals surface area contributed by atoms with Crippen LogP contribution in [0.15, 0.2) is 27.1 Å². The summed E-state index contributed by atoms with van der Waals surface area (Å²) < 4.78 is 3.95.